The van der Waals surface area contributed by atoms with E-state index in [9.17, 15) is 4.39 Å². The molecule has 4 heteroatoms. The maximum Gasteiger partial charge on any atom is 0.124 e. The summed E-state index contributed by atoms with van der Waals surface area (Å²) in [5, 5.41) is 8.87. The first-order chi connectivity index (χ1) is 9.08. The van der Waals surface area contributed by atoms with Gasteiger partial charge in [-0.15, -0.1) is 0 Å². The fraction of sp³-hybridized carbons (Fsp3) is 0.533. The van der Waals surface area contributed by atoms with Crippen LogP contribution in [0.2, 0.25) is 0 Å². The summed E-state index contributed by atoms with van der Waals surface area (Å²) in [5.41, 5.74) is 1.26. The first-order valence-electron chi connectivity index (χ1n) is 6.67. The molecule has 1 atom stereocenters. The van der Waals surface area contributed by atoms with Gasteiger partial charge in [0.25, 0.3) is 0 Å². The first-order valence-corrected chi connectivity index (χ1v) is 6.67. The third kappa shape index (κ3) is 3.76. The molecular weight excluding hydrogens is 241 g/mol. The number of nitrogens with zero attached hydrogens (tertiary/aromatic N) is 3. The van der Waals surface area contributed by atoms with Crippen molar-refractivity contribution >= 4 is 0 Å². The molecule has 102 valence electrons. The zero-order valence-corrected chi connectivity index (χ0v) is 11.6. The second kappa shape index (κ2) is 6.14. The minimum absolute atomic E-state index is 0.330. The molecule has 0 aliphatic carbocycles. The predicted octanol–water partition coefficient (Wildman–Crippen LogP) is 2.22. The summed E-state index contributed by atoms with van der Waals surface area (Å²) in [6.07, 6.45) is 2.39. The minimum Gasteiger partial charge on any atom is -0.305 e. The Morgan fingerprint density at radius 2 is 2.26 bits per heavy atom. The number of piperidine rings is 1. The molecular formula is C15H20FN3. The summed E-state index contributed by atoms with van der Waals surface area (Å²) in [6.45, 7) is 2.89. The van der Waals surface area contributed by atoms with Crippen molar-refractivity contribution in [3.8, 4) is 6.07 Å². The van der Waals surface area contributed by atoms with E-state index in [-0.39, 0.29) is 5.82 Å². The molecule has 0 spiro atoms. The lowest BCUT2D eigenvalue weighted by Crippen LogP contribution is -2.44. The SMILES string of the molecule is CN1CCCC(N(C)Cc2cc(F)cc(C#N)c2)C1. The Labute approximate surface area is 114 Å². The van der Waals surface area contributed by atoms with E-state index in [0.717, 1.165) is 18.7 Å². The zero-order chi connectivity index (χ0) is 13.8. The molecule has 1 unspecified atom stereocenters. The lowest BCUT2D eigenvalue weighted by atomic mass is 10.0. The van der Waals surface area contributed by atoms with Crippen molar-refractivity contribution in [2.24, 2.45) is 0 Å². The molecule has 2 rings (SSSR count). The lowest BCUT2D eigenvalue weighted by molar-refractivity contribution is 0.129. The summed E-state index contributed by atoms with van der Waals surface area (Å²) in [7, 11) is 4.21. The number of hydrogen-bond donors (Lipinski definition) is 0. The van der Waals surface area contributed by atoms with E-state index in [1.54, 1.807) is 6.07 Å². The molecule has 1 saturated heterocycles. The highest BCUT2D eigenvalue weighted by atomic mass is 19.1. The van der Waals surface area contributed by atoms with Gasteiger partial charge in [-0.25, -0.2) is 4.39 Å². The maximum absolute atomic E-state index is 13.4. The van der Waals surface area contributed by atoms with Gasteiger partial charge in [0.2, 0.25) is 0 Å². The number of hydrogen-bond acceptors (Lipinski definition) is 3. The van der Waals surface area contributed by atoms with E-state index in [2.05, 4.69) is 23.9 Å². The van der Waals surface area contributed by atoms with Gasteiger partial charge in [0, 0.05) is 19.1 Å². The number of rotatable bonds is 3. The van der Waals surface area contributed by atoms with Gasteiger partial charge in [0.05, 0.1) is 11.6 Å². The maximum atomic E-state index is 13.4. The number of likely N-dealkylation sites (N-methyl/N-ethyl adjacent to an activating group) is 2. The average Bonchev–Trinajstić information content (AvgIpc) is 2.38. The van der Waals surface area contributed by atoms with Crippen LogP contribution in [0.5, 0.6) is 0 Å². The van der Waals surface area contributed by atoms with Crippen LogP contribution in [0.1, 0.15) is 24.0 Å². The summed E-state index contributed by atoms with van der Waals surface area (Å²) in [5.74, 6) is -0.330. The molecule has 1 heterocycles. The Kier molecular flexibility index (Phi) is 4.52. The van der Waals surface area contributed by atoms with Gasteiger partial charge in [0.1, 0.15) is 5.82 Å². The van der Waals surface area contributed by atoms with Gasteiger partial charge in [-0.05, 0) is 57.2 Å². The highest BCUT2D eigenvalue weighted by molar-refractivity contribution is 5.33. The van der Waals surface area contributed by atoms with Crippen molar-refractivity contribution in [3.05, 3.63) is 35.1 Å². The third-order valence-corrected chi connectivity index (χ3v) is 3.74. The topological polar surface area (TPSA) is 30.3 Å². The molecule has 0 N–H and O–H groups in total. The van der Waals surface area contributed by atoms with Crippen molar-refractivity contribution in [1.29, 1.82) is 5.26 Å². The van der Waals surface area contributed by atoms with E-state index in [1.165, 1.54) is 25.0 Å². The van der Waals surface area contributed by atoms with Crippen molar-refractivity contribution in [2.45, 2.75) is 25.4 Å². The summed E-state index contributed by atoms with van der Waals surface area (Å²) < 4.78 is 13.4. The van der Waals surface area contributed by atoms with Crippen LogP contribution in [0.15, 0.2) is 18.2 Å². The van der Waals surface area contributed by atoms with Gasteiger partial charge in [0.15, 0.2) is 0 Å². The second-order valence-electron chi connectivity index (χ2n) is 5.43. The molecule has 19 heavy (non-hydrogen) atoms. The van der Waals surface area contributed by atoms with Crippen LogP contribution in [0.4, 0.5) is 4.39 Å². The van der Waals surface area contributed by atoms with E-state index in [0.29, 0.717) is 18.2 Å². The Morgan fingerprint density at radius 1 is 1.47 bits per heavy atom. The monoisotopic (exact) mass is 261 g/mol. The fourth-order valence-electron chi connectivity index (χ4n) is 2.72. The standard InChI is InChI=1S/C15H20FN3/c1-18-5-3-4-15(11-18)19(2)10-13-6-12(9-17)7-14(16)8-13/h6-8,15H,3-5,10-11H2,1-2H3. The van der Waals surface area contributed by atoms with Crippen LogP contribution in [-0.2, 0) is 6.54 Å². The second-order valence-corrected chi connectivity index (χ2v) is 5.43. The Morgan fingerprint density at radius 3 is 2.95 bits per heavy atom. The summed E-state index contributed by atoms with van der Waals surface area (Å²) >= 11 is 0. The normalized spacial score (nSPS) is 20.5. The Balaban J connectivity index is 2.04. The molecule has 1 fully saturated rings. The Bertz CT molecular complexity index is 481. The molecule has 1 aliphatic rings. The van der Waals surface area contributed by atoms with Gasteiger partial charge in [-0.3, -0.25) is 4.90 Å². The summed E-state index contributed by atoms with van der Waals surface area (Å²) in [6, 6.07) is 7.07. The number of benzene rings is 1. The molecule has 1 aliphatic heterocycles. The van der Waals surface area contributed by atoms with E-state index in [4.69, 9.17) is 5.26 Å². The van der Waals surface area contributed by atoms with Crippen LogP contribution >= 0.6 is 0 Å². The molecule has 3 nitrogen and oxygen atoms in total. The predicted molar refractivity (Wildman–Crippen MR) is 73.1 cm³/mol. The molecule has 0 amide bonds. The minimum atomic E-state index is -0.330. The smallest absolute Gasteiger partial charge is 0.124 e. The average molecular weight is 261 g/mol. The largest absolute Gasteiger partial charge is 0.305 e. The van der Waals surface area contributed by atoms with Gasteiger partial charge in [-0.2, -0.15) is 5.26 Å². The van der Waals surface area contributed by atoms with Crippen LogP contribution in [-0.4, -0.2) is 43.0 Å². The van der Waals surface area contributed by atoms with E-state index in [1.807, 2.05) is 6.07 Å². The molecule has 0 radical (unpaired) electrons. The highest BCUT2D eigenvalue weighted by Gasteiger charge is 2.21. The van der Waals surface area contributed by atoms with Crippen molar-refractivity contribution in [2.75, 3.05) is 27.2 Å². The highest BCUT2D eigenvalue weighted by Crippen LogP contribution is 2.17. The summed E-state index contributed by atoms with van der Waals surface area (Å²) in [4.78, 5) is 4.59. The van der Waals surface area contributed by atoms with Gasteiger partial charge in [-0.1, -0.05) is 0 Å². The molecule has 1 aromatic rings. The zero-order valence-electron chi connectivity index (χ0n) is 11.6. The van der Waals surface area contributed by atoms with Crippen LogP contribution in [0.3, 0.4) is 0 Å². The number of nitriles is 1. The third-order valence-electron chi connectivity index (χ3n) is 3.74. The fourth-order valence-corrected chi connectivity index (χ4v) is 2.72. The van der Waals surface area contributed by atoms with Crippen LogP contribution < -0.4 is 0 Å². The number of halogens is 1. The Hall–Kier alpha value is -1.44. The van der Waals surface area contributed by atoms with Crippen LogP contribution in [0.25, 0.3) is 0 Å². The molecule has 0 bridgehead atoms. The molecule has 0 saturated carbocycles. The molecule has 1 aromatic carbocycles. The van der Waals surface area contributed by atoms with E-state index >= 15 is 0 Å². The van der Waals surface area contributed by atoms with Crippen molar-refractivity contribution in [1.82, 2.24) is 9.80 Å². The van der Waals surface area contributed by atoms with Crippen molar-refractivity contribution < 1.29 is 4.39 Å². The van der Waals surface area contributed by atoms with Gasteiger partial charge < -0.3 is 4.90 Å². The van der Waals surface area contributed by atoms with Gasteiger partial charge >= 0.3 is 0 Å². The first kappa shape index (κ1) is 14.0. The van der Waals surface area contributed by atoms with Crippen molar-refractivity contribution in [3.63, 3.8) is 0 Å². The quantitative estimate of drug-likeness (QED) is 0.836. The number of likely N-dealkylation sites (tertiary alicyclic amines) is 1. The van der Waals surface area contributed by atoms with E-state index < -0.39 is 0 Å². The lowest BCUT2D eigenvalue weighted by Gasteiger charge is -2.35. The van der Waals surface area contributed by atoms with Crippen LogP contribution in [0, 0.1) is 17.1 Å². The molecule has 0 aromatic heterocycles.